The van der Waals surface area contributed by atoms with Crippen LogP contribution in [0.1, 0.15) is 50.6 Å². The molecule has 3 heteroatoms. The van der Waals surface area contributed by atoms with Gasteiger partial charge >= 0.3 is 0 Å². The van der Waals surface area contributed by atoms with Crippen molar-refractivity contribution in [2.24, 2.45) is 5.92 Å². The lowest BCUT2D eigenvalue weighted by molar-refractivity contribution is 0.164. The summed E-state index contributed by atoms with van der Waals surface area (Å²) in [5, 5.41) is 4.28. The summed E-state index contributed by atoms with van der Waals surface area (Å²) >= 11 is 6.32. The molecule has 0 bridgehead atoms. The average molecular weight is 309 g/mol. The summed E-state index contributed by atoms with van der Waals surface area (Å²) < 4.78 is 0. The minimum atomic E-state index is 0.337. The molecule has 0 aliphatic heterocycles. The number of nitrogens with one attached hydrogen (secondary N) is 1. The van der Waals surface area contributed by atoms with Crippen molar-refractivity contribution in [1.82, 2.24) is 10.2 Å². The monoisotopic (exact) mass is 308 g/mol. The lowest BCUT2D eigenvalue weighted by Gasteiger charge is -2.34. The molecule has 1 atom stereocenters. The van der Waals surface area contributed by atoms with Crippen LogP contribution >= 0.6 is 11.6 Å². The van der Waals surface area contributed by atoms with Gasteiger partial charge in [-0.25, -0.2) is 0 Å². The van der Waals surface area contributed by atoms with Crippen molar-refractivity contribution < 1.29 is 0 Å². The molecule has 0 spiro atoms. The molecule has 1 saturated carbocycles. The van der Waals surface area contributed by atoms with Crippen LogP contribution in [0.25, 0.3) is 0 Å². The maximum Gasteiger partial charge on any atom is 0.0453 e. The fourth-order valence-corrected chi connectivity index (χ4v) is 3.68. The Balaban J connectivity index is 1.87. The lowest BCUT2D eigenvalue weighted by atomic mass is 9.86. The maximum absolute atomic E-state index is 6.32. The SMILES string of the molecule is CNC(CCN(C)C1CCC(C)CC1)c1ccccc1Cl. The largest absolute Gasteiger partial charge is 0.313 e. The number of benzene rings is 1. The average Bonchev–Trinajstić information content (AvgIpc) is 2.50. The zero-order chi connectivity index (χ0) is 15.2. The Morgan fingerprint density at radius 2 is 1.90 bits per heavy atom. The molecule has 0 radical (unpaired) electrons. The summed E-state index contributed by atoms with van der Waals surface area (Å²) in [7, 11) is 4.30. The van der Waals surface area contributed by atoms with Gasteiger partial charge in [-0.05, 0) is 70.3 Å². The Hall–Kier alpha value is -0.570. The third-order valence-corrected chi connectivity index (χ3v) is 5.35. The van der Waals surface area contributed by atoms with Gasteiger partial charge in [-0.2, -0.15) is 0 Å². The summed E-state index contributed by atoms with van der Waals surface area (Å²) in [4.78, 5) is 2.55. The van der Waals surface area contributed by atoms with Crippen LogP contribution in [0.5, 0.6) is 0 Å². The van der Waals surface area contributed by atoms with E-state index >= 15 is 0 Å². The summed E-state index contributed by atoms with van der Waals surface area (Å²) in [6.07, 6.45) is 6.58. The zero-order valence-corrected chi connectivity index (χ0v) is 14.4. The highest BCUT2D eigenvalue weighted by Crippen LogP contribution is 2.28. The Labute approximate surface area is 134 Å². The molecule has 0 amide bonds. The second kappa shape index (κ2) is 8.17. The molecule has 1 N–H and O–H groups in total. The van der Waals surface area contributed by atoms with Crippen molar-refractivity contribution in [1.29, 1.82) is 0 Å². The molecule has 1 unspecified atom stereocenters. The van der Waals surface area contributed by atoms with Crippen molar-refractivity contribution in [3.8, 4) is 0 Å². The van der Waals surface area contributed by atoms with E-state index in [1.165, 1.54) is 31.2 Å². The van der Waals surface area contributed by atoms with Gasteiger partial charge in [0, 0.05) is 17.1 Å². The summed E-state index contributed by atoms with van der Waals surface area (Å²) in [5.41, 5.74) is 1.22. The second-order valence-electron chi connectivity index (χ2n) is 6.55. The van der Waals surface area contributed by atoms with E-state index in [4.69, 9.17) is 11.6 Å². The molecule has 21 heavy (non-hydrogen) atoms. The van der Waals surface area contributed by atoms with E-state index in [1.807, 2.05) is 19.2 Å². The first-order valence-electron chi connectivity index (χ1n) is 8.23. The van der Waals surface area contributed by atoms with Gasteiger partial charge in [-0.3, -0.25) is 0 Å². The van der Waals surface area contributed by atoms with Gasteiger partial charge in [0.1, 0.15) is 0 Å². The molecule has 1 aliphatic carbocycles. The van der Waals surface area contributed by atoms with Crippen molar-refractivity contribution >= 4 is 11.6 Å². The molecule has 2 nitrogen and oxygen atoms in total. The molecule has 1 aliphatic rings. The topological polar surface area (TPSA) is 15.3 Å². The van der Waals surface area contributed by atoms with Gasteiger partial charge < -0.3 is 10.2 Å². The van der Waals surface area contributed by atoms with E-state index in [9.17, 15) is 0 Å². The Morgan fingerprint density at radius 3 is 2.52 bits per heavy atom. The second-order valence-corrected chi connectivity index (χ2v) is 6.95. The van der Waals surface area contributed by atoms with Gasteiger partial charge in [0.15, 0.2) is 0 Å². The van der Waals surface area contributed by atoms with Gasteiger partial charge in [-0.1, -0.05) is 36.7 Å². The Morgan fingerprint density at radius 1 is 1.24 bits per heavy atom. The van der Waals surface area contributed by atoms with E-state index in [-0.39, 0.29) is 0 Å². The number of halogens is 1. The van der Waals surface area contributed by atoms with Gasteiger partial charge in [0.25, 0.3) is 0 Å². The molecule has 0 aromatic heterocycles. The fraction of sp³-hybridized carbons (Fsp3) is 0.667. The van der Waals surface area contributed by atoms with Crippen LogP contribution in [-0.2, 0) is 0 Å². The smallest absolute Gasteiger partial charge is 0.0453 e. The van der Waals surface area contributed by atoms with E-state index in [1.54, 1.807) is 0 Å². The lowest BCUT2D eigenvalue weighted by Crippen LogP contribution is -2.36. The summed E-state index contributed by atoms with van der Waals surface area (Å²) in [5.74, 6) is 0.919. The molecule has 1 aromatic rings. The van der Waals surface area contributed by atoms with E-state index in [0.29, 0.717) is 6.04 Å². The minimum Gasteiger partial charge on any atom is -0.313 e. The van der Waals surface area contributed by atoms with Crippen LogP contribution < -0.4 is 5.32 Å². The van der Waals surface area contributed by atoms with Gasteiger partial charge in [0.2, 0.25) is 0 Å². The molecular formula is C18H29ClN2. The molecule has 1 aromatic carbocycles. The molecule has 2 rings (SSSR count). The van der Waals surface area contributed by atoms with Crippen molar-refractivity contribution in [2.45, 2.75) is 51.1 Å². The predicted molar refractivity (Wildman–Crippen MR) is 91.9 cm³/mol. The standard InChI is InChI=1S/C18H29ClN2/c1-14-8-10-15(11-9-14)21(3)13-12-18(20-2)16-6-4-5-7-17(16)19/h4-7,14-15,18,20H,8-13H2,1-3H3. The van der Waals surface area contributed by atoms with Crippen LogP contribution in [-0.4, -0.2) is 31.6 Å². The zero-order valence-electron chi connectivity index (χ0n) is 13.6. The van der Waals surface area contributed by atoms with Crippen LogP contribution in [0, 0.1) is 5.92 Å². The third-order valence-electron chi connectivity index (χ3n) is 5.01. The maximum atomic E-state index is 6.32. The number of hydrogen-bond donors (Lipinski definition) is 1. The molecule has 1 fully saturated rings. The molecule has 0 heterocycles. The van der Waals surface area contributed by atoms with Crippen molar-refractivity contribution in [2.75, 3.05) is 20.6 Å². The Bertz CT molecular complexity index is 427. The Kier molecular flexibility index (Phi) is 6.53. The molecule has 0 saturated heterocycles. The highest BCUT2D eigenvalue weighted by Gasteiger charge is 2.22. The summed E-state index contributed by atoms with van der Waals surface area (Å²) in [6, 6.07) is 9.28. The van der Waals surface area contributed by atoms with Crippen LogP contribution in [0.2, 0.25) is 5.02 Å². The minimum absolute atomic E-state index is 0.337. The van der Waals surface area contributed by atoms with E-state index in [2.05, 4.69) is 36.3 Å². The first-order chi connectivity index (χ1) is 10.1. The number of nitrogens with zero attached hydrogens (tertiary/aromatic N) is 1. The van der Waals surface area contributed by atoms with Gasteiger partial charge in [-0.15, -0.1) is 0 Å². The van der Waals surface area contributed by atoms with Crippen LogP contribution in [0.3, 0.4) is 0 Å². The molecular weight excluding hydrogens is 280 g/mol. The van der Waals surface area contributed by atoms with E-state index < -0.39 is 0 Å². The van der Waals surface area contributed by atoms with Crippen molar-refractivity contribution in [3.63, 3.8) is 0 Å². The fourth-order valence-electron chi connectivity index (χ4n) is 3.41. The van der Waals surface area contributed by atoms with Crippen LogP contribution in [0.15, 0.2) is 24.3 Å². The quantitative estimate of drug-likeness (QED) is 0.832. The van der Waals surface area contributed by atoms with E-state index in [0.717, 1.165) is 29.9 Å². The van der Waals surface area contributed by atoms with Crippen molar-refractivity contribution in [3.05, 3.63) is 34.9 Å². The predicted octanol–water partition coefficient (Wildman–Crippen LogP) is 4.50. The molecule has 118 valence electrons. The first-order valence-corrected chi connectivity index (χ1v) is 8.61. The summed E-state index contributed by atoms with van der Waals surface area (Å²) in [6.45, 7) is 3.50. The first kappa shape index (κ1) is 16.8. The third kappa shape index (κ3) is 4.70. The highest BCUT2D eigenvalue weighted by atomic mass is 35.5. The van der Waals surface area contributed by atoms with Crippen LogP contribution in [0.4, 0.5) is 0 Å². The number of rotatable bonds is 6. The number of hydrogen-bond acceptors (Lipinski definition) is 2. The normalized spacial score (nSPS) is 24.2. The highest BCUT2D eigenvalue weighted by molar-refractivity contribution is 6.31. The van der Waals surface area contributed by atoms with Gasteiger partial charge in [0.05, 0.1) is 0 Å².